The minimum absolute atomic E-state index is 0.0159. The van der Waals surface area contributed by atoms with Crippen LogP contribution in [0.3, 0.4) is 0 Å². The third-order valence-electron chi connectivity index (χ3n) is 3.12. The number of aromatic nitrogens is 2. The molecule has 0 spiro atoms. The highest BCUT2D eigenvalue weighted by molar-refractivity contribution is 7.99. The van der Waals surface area contributed by atoms with E-state index >= 15 is 0 Å². The van der Waals surface area contributed by atoms with E-state index in [0.29, 0.717) is 11.0 Å². The van der Waals surface area contributed by atoms with Crippen LogP contribution in [0.15, 0.2) is 36.0 Å². The van der Waals surface area contributed by atoms with Gasteiger partial charge in [0, 0.05) is 12.3 Å². The molecule has 0 saturated heterocycles. The second-order valence-corrected chi connectivity index (χ2v) is 5.70. The number of thioether (sulfide) groups is 1. The Hall–Kier alpha value is -1.44. The van der Waals surface area contributed by atoms with E-state index in [2.05, 4.69) is 15.1 Å². The Labute approximate surface area is 126 Å². The summed E-state index contributed by atoms with van der Waals surface area (Å²) in [6, 6.07) is 0. The van der Waals surface area contributed by atoms with Gasteiger partial charge >= 0.3 is 0 Å². The van der Waals surface area contributed by atoms with E-state index in [0.717, 1.165) is 0 Å². The van der Waals surface area contributed by atoms with Gasteiger partial charge in [-0.3, -0.25) is 9.78 Å². The summed E-state index contributed by atoms with van der Waals surface area (Å²) in [4.78, 5) is 19.9. The summed E-state index contributed by atoms with van der Waals surface area (Å²) in [6.07, 6.45) is 10.2. The quantitative estimate of drug-likeness (QED) is 0.839. The Morgan fingerprint density at radius 1 is 1.50 bits per heavy atom. The molecule has 2 rings (SSSR count). The summed E-state index contributed by atoms with van der Waals surface area (Å²) < 4.78 is -0.0159. The SMILES string of the molecule is CS[C@@H](C(C)C(N)=O)[N@+]1(c2cnccn2)C=CC(Cl)=N1. The molecular formula is C12H15ClN5OS+. The van der Waals surface area contributed by atoms with Crippen LogP contribution in [0.5, 0.6) is 0 Å². The molecule has 6 nitrogen and oxygen atoms in total. The first-order valence-corrected chi connectivity index (χ1v) is 7.60. The zero-order chi connectivity index (χ0) is 14.8. The normalized spacial score (nSPS) is 24.2. The minimum Gasteiger partial charge on any atom is -0.369 e. The number of nitrogens with two attached hydrogens (primary N) is 1. The summed E-state index contributed by atoms with van der Waals surface area (Å²) in [6.45, 7) is 1.77. The first-order chi connectivity index (χ1) is 9.51. The maximum Gasteiger partial charge on any atom is 0.278 e. The lowest BCUT2D eigenvalue weighted by Gasteiger charge is -2.33. The van der Waals surface area contributed by atoms with Crippen molar-refractivity contribution in [3.8, 4) is 0 Å². The zero-order valence-corrected chi connectivity index (χ0v) is 12.7. The molecule has 106 valence electrons. The lowest BCUT2D eigenvalue weighted by atomic mass is 10.1. The second-order valence-electron chi connectivity index (χ2n) is 4.36. The van der Waals surface area contributed by atoms with Gasteiger partial charge < -0.3 is 5.73 Å². The molecule has 3 atom stereocenters. The molecule has 1 unspecified atom stereocenters. The Balaban J connectivity index is 2.54. The number of rotatable bonds is 5. The van der Waals surface area contributed by atoms with Gasteiger partial charge in [-0.1, -0.05) is 28.5 Å². The zero-order valence-electron chi connectivity index (χ0n) is 11.1. The van der Waals surface area contributed by atoms with Crippen molar-refractivity contribution >= 4 is 40.3 Å². The van der Waals surface area contributed by atoms with Crippen LogP contribution in [0.2, 0.25) is 0 Å². The van der Waals surface area contributed by atoms with E-state index in [9.17, 15) is 4.79 Å². The number of hydrogen-bond donors (Lipinski definition) is 1. The van der Waals surface area contributed by atoms with Crippen molar-refractivity contribution in [2.24, 2.45) is 16.8 Å². The van der Waals surface area contributed by atoms with Crippen LogP contribution >= 0.6 is 23.4 Å². The summed E-state index contributed by atoms with van der Waals surface area (Å²) in [7, 11) is 0. The van der Waals surface area contributed by atoms with E-state index in [1.165, 1.54) is 11.8 Å². The fourth-order valence-electron chi connectivity index (χ4n) is 2.12. The van der Waals surface area contributed by atoms with Crippen LogP contribution < -0.4 is 10.3 Å². The van der Waals surface area contributed by atoms with E-state index < -0.39 is 11.8 Å². The van der Waals surface area contributed by atoms with Crippen LogP contribution in [-0.4, -0.2) is 32.7 Å². The third-order valence-corrected chi connectivity index (χ3v) is 4.54. The number of carbonyl (C=O) groups excluding carboxylic acids is 1. The highest BCUT2D eigenvalue weighted by Gasteiger charge is 2.47. The Morgan fingerprint density at radius 3 is 2.70 bits per heavy atom. The molecule has 20 heavy (non-hydrogen) atoms. The molecule has 0 fully saturated rings. The van der Waals surface area contributed by atoms with E-state index in [1.807, 2.05) is 6.26 Å². The fourth-order valence-corrected chi connectivity index (χ4v) is 3.39. The topological polar surface area (TPSA) is 81.2 Å². The molecule has 2 heterocycles. The lowest BCUT2D eigenvalue weighted by Crippen LogP contribution is -2.51. The molecule has 2 N–H and O–H groups in total. The van der Waals surface area contributed by atoms with E-state index in [1.54, 1.807) is 37.8 Å². The first-order valence-electron chi connectivity index (χ1n) is 5.93. The number of nitrogens with zero attached hydrogens (tertiary/aromatic N) is 4. The highest BCUT2D eigenvalue weighted by atomic mass is 35.5. The van der Waals surface area contributed by atoms with Gasteiger partial charge in [0.25, 0.3) is 5.82 Å². The molecular weight excluding hydrogens is 298 g/mol. The Bertz CT molecular complexity index is 564. The monoisotopic (exact) mass is 312 g/mol. The molecule has 1 aliphatic heterocycles. The van der Waals surface area contributed by atoms with Gasteiger partial charge in [0.15, 0.2) is 10.5 Å². The Morgan fingerprint density at radius 2 is 2.25 bits per heavy atom. The van der Waals surface area contributed by atoms with Crippen LogP contribution in [0.25, 0.3) is 0 Å². The third kappa shape index (κ3) is 2.56. The van der Waals surface area contributed by atoms with Crippen molar-refractivity contribution in [3.63, 3.8) is 0 Å². The van der Waals surface area contributed by atoms with Crippen molar-refractivity contribution in [2.75, 3.05) is 6.26 Å². The molecule has 8 heteroatoms. The summed E-state index contributed by atoms with van der Waals surface area (Å²) in [5, 5.41) is 4.53. The number of amides is 1. The summed E-state index contributed by atoms with van der Waals surface area (Å²) >= 11 is 7.49. The lowest BCUT2D eigenvalue weighted by molar-refractivity contribution is -0.122. The molecule has 1 aliphatic rings. The van der Waals surface area contributed by atoms with Gasteiger partial charge in [-0.2, -0.15) is 4.98 Å². The number of primary amides is 1. The number of allylic oxidation sites excluding steroid dienone is 1. The average Bonchev–Trinajstić information content (AvgIpc) is 2.83. The van der Waals surface area contributed by atoms with Gasteiger partial charge in [-0.15, -0.1) is 4.59 Å². The van der Waals surface area contributed by atoms with Crippen molar-refractivity contribution in [1.82, 2.24) is 14.6 Å². The van der Waals surface area contributed by atoms with Crippen molar-refractivity contribution in [1.29, 1.82) is 0 Å². The largest absolute Gasteiger partial charge is 0.369 e. The van der Waals surface area contributed by atoms with Gasteiger partial charge in [-0.25, -0.2) is 0 Å². The first kappa shape index (κ1) is 15.0. The summed E-state index contributed by atoms with van der Waals surface area (Å²) in [5.74, 6) is -0.216. The summed E-state index contributed by atoms with van der Waals surface area (Å²) in [5.41, 5.74) is 5.45. The molecule has 0 aliphatic carbocycles. The van der Waals surface area contributed by atoms with Crippen molar-refractivity contribution in [3.05, 3.63) is 30.9 Å². The average molecular weight is 313 g/mol. The standard InChI is InChI=1S/C12H14ClN5OS/c1-8(11(14)19)12(20-2)18(6-3-9(13)17-18)10-7-15-4-5-16-10/h3-8,12H,1-2H3,(H-,14,19)/p+1/t8?,12-,18+/m0/s1. The smallest absolute Gasteiger partial charge is 0.278 e. The van der Waals surface area contributed by atoms with Crippen LogP contribution in [0.1, 0.15) is 6.92 Å². The van der Waals surface area contributed by atoms with Gasteiger partial charge in [-0.05, 0) is 13.2 Å². The number of halogens is 1. The van der Waals surface area contributed by atoms with E-state index in [4.69, 9.17) is 17.3 Å². The number of quaternary nitrogens is 1. The van der Waals surface area contributed by atoms with E-state index in [-0.39, 0.29) is 9.97 Å². The predicted molar refractivity (Wildman–Crippen MR) is 81.9 cm³/mol. The maximum atomic E-state index is 11.6. The van der Waals surface area contributed by atoms with Crippen molar-refractivity contribution < 1.29 is 4.79 Å². The highest BCUT2D eigenvalue weighted by Crippen LogP contribution is 2.37. The molecule has 0 bridgehead atoms. The van der Waals surface area contributed by atoms with Crippen LogP contribution in [0.4, 0.5) is 5.82 Å². The van der Waals surface area contributed by atoms with Gasteiger partial charge in [0.05, 0.1) is 6.20 Å². The van der Waals surface area contributed by atoms with Crippen molar-refractivity contribution in [2.45, 2.75) is 12.3 Å². The molecule has 0 aromatic carbocycles. The van der Waals surface area contributed by atoms with Gasteiger partial charge in [0.1, 0.15) is 18.3 Å². The molecule has 1 amide bonds. The number of carbonyl (C=O) groups is 1. The number of hydrogen-bond acceptors (Lipinski definition) is 5. The predicted octanol–water partition coefficient (Wildman–Crippen LogP) is 1.67. The molecule has 1 aromatic rings. The minimum atomic E-state index is -0.414. The molecule has 0 saturated carbocycles. The fraction of sp³-hybridized carbons (Fsp3) is 0.333. The second kappa shape index (κ2) is 5.90. The van der Waals surface area contributed by atoms with Gasteiger partial charge in [0.2, 0.25) is 5.91 Å². The Kier molecular flexibility index (Phi) is 4.42. The molecule has 1 aromatic heterocycles. The van der Waals surface area contributed by atoms with Crippen LogP contribution in [-0.2, 0) is 4.79 Å². The van der Waals surface area contributed by atoms with Crippen LogP contribution in [0, 0.1) is 5.92 Å². The maximum absolute atomic E-state index is 11.6. The molecule has 0 radical (unpaired) electrons.